The lowest BCUT2D eigenvalue weighted by Gasteiger charge is -2.04. The van der Waals surface area contributed by atoms with Crippen LogP contribution >= 0.6 is 0 Å². The largest absolute Gasteiger partial charge is 0.465 e. The molecule has 2 aromatic carbocycles. The molecule has 130 valence electrons. The molecule has 2 aromatic rings. The number of carbonyl (C=O) groups excluding carboxylic acids is 2. The fourth-order valence-electron chi connectivity index (χ4n) is 1.96. The second-order valence-corrected chi connectivity index (χ2v) is 4.91. The fraction of sp³-hybridized carbons (Fsp3) is 0.333. The van der Waals surface area contributed by atoms with Crippen LogP contribution < -0.4 is 0 Å². The summed E-state index contributed by atoms with van der Waals surface area (Å²) in [6.45, 7) is 0.390. The minimum Gasteiger partial charge on any atom is -0.465 e. The Bertz CT molecular complexity index is 621. The summed E-state index contributed by atoms with van der Waals surface area (Å²) in [7, 11) is 2.68. The van der Waals surface area contributed by atoms with Gasteiger partial charge in [0, 0.05) is 13.2 Å². The van der Waals surface area contributed by atoms with Crippen molar-refractivity contribution in [2.75, 3.05) is 27.4 Å². The average molecular weight is 334 g/mol. The smallest absolute Gasteiger partial charge is 0.337 e. The second-order valence-electron chi connectivity index (χ2n) is 4.91. The van der Waals surface area contributed by atoms with E-state index in [0.717, 1.165) is 23.6 Å². The molecule has 6 nitrogen and oxygen atoms in total. The van der Waals surface area contributed by atoms with Crippen LogP contribution in [0.4, 0.5) is 0 Å². The van der Waals surface area contributed by atoms with Crippen LogP contribution in [0.2, 0.25) is 0 Å². The third kappa shape index (κ3) is 5.64. The van der Waals surface area contributed by atoms with Crippen LogP contribution in [0.3, 0.4) is 0 Å². The number of ether oxygens (including phenoxy) is 2. The van der Waals surface area contributed by atoms with Crippen LogP contribution in [0.1, 0.15) is 33.6 Å². The van der Waals surface area contributed by atoms with Gasteiger partial charge in [-0.2, -0.15) is 0 Å². The number of carbonyl (C=O) groups is 2. The molecule has 0 saturated heterocycles. The zero-order valence-corrected chi connectivity index (χ0v) is 13.8. The highest BCUT2D eigenvalue weighted by Gasteiger charge is 2.08. The molecule has 0 radical (unpaired) electrons. The van der Waals surface area contributed by atoms with Gasteiger partial charge in [-0.25, -0.2) is 9.59 Å². The van der Waals surface area contributed by atoms with E-state index in [9.17, 15) is 9.59 Å². The first-order chi connectivity index (χ1) is 11.6. The Labute approximate surface area is 140 Å². The molecule has 0 aromatic heterocycles. The minimum atomic E-state index is -0.381. The van der Waals surface area contributed by atoms with Crippen LogP contribution in [0.15, 0.2) is 36.4 Å². The Kier molecular flexibility index (Phi) is 8.46. The number of hydrogen-bond donors (Lipinski definition) is 2. The van der Waals surface area contributed by atoms with Gasteiger partial charge in [0.25, 0.3) is 0 Å². The number of methoxy groups -OCH3 is 2. The lowest BCUT2D eigenvalue weighted by Crippen LogP contribution is -2.02. The van der Waals surface area contributed by atoms with E-state index in [1.54, 1.807) is 36.4 Å². The SMILES string of the molecule is COC(=O)c1ccc2cc(C(=O)OC)ccc2c1.OCCCCO. The monoisotopic (exact) mass is 334 g/mol. The molecule has 0 fully saturated rings. The van der Waals surface area contributed by atoms with Crippen molar-refractivity contribution in [3.8, 4) is 0 Å². The molecule has 6 heteroatoms. The van der Waals surface area contributed by atoms with Crippen LogP contribution in [0, 0.1) is 0 Å². The van der Waals surface area contributed by atoms with E-state index in [1.165, 1.54) is 14.2 Å². The summed E-state index contributed by atoms with van der Waals surface area (Å²) in [5.74, 6) is -0.761. The van der Waals surface area contributed by atoms with Gasteiger partial charge in [0.05, 0.1) is 25.3 Å². The van der Waals surface area contributed by atoms with E-state index in [2.05, 4.69) is 9.47 Å². The molecule has 0 amide bonds. The van der Waals surface area contributed by atoms with Gasteiger partial charge in [-0.1, -0.05) is 12.1 Å². The highest BCUT2D eigenvalue weighted by Crippen LogP contribution is 2.19. The van der Waals surface area contributed by atoms with Gasteiger partial charge in [-0.3, -0.25) is 0 Å². The summed E-state index contributed by atoms with van der Waals surface area (Å²) in [5, 5.41) is 17.9. The molecule has 2 rings (SSSR count). The number of esters is 2. The van der Waals surface area contributed by atoms with E-state index in [1.807, 2.05) is 0 Å². The lowest BCUT2D eigenvalue weighted by molar-refractivity contribution is 0.0591. The van der Waals surface area contributed by atoms with Gasteiger partial charge >= 0.3 is 11.9 Å². The summed E-state index contributed by atoms with van der Waals surface area (Å²) < 4.78 is 9.30. The molecule has 0 aliphatic heterocycles. The van der Waals surface area contributed by atoms with E-state index in [0.29, 0.717) is 11.1 Å². The number of fused-ring (bicyclic) bond motifs is 1. The van der Waals surface area contributed by atoms with Crippen molar-refractivity contribution in [3.63, 3.8) is 0 Å². The van der Waals surface area contributed by atoms with Gasteiger partial charge in [-0.05, 0) is 47.9 Å². The molecular formula is C18H22O6. The normalized spacial score (nSPS) is 9.83. The number of unbranched alkanes of at least 4 members (excludes halogenated alkanes) is 1. The van der Waals surface area contributed by atoms with Crippen LogP contribution in [0.25, 0.3) is 10.8 Å². The number of aliphatic hydroxyl groups excluding tert-OH is 2. The molecule has 0 heterocycles. The van der Waals surface area contributed by atoms with E-state index in [4.69, 9.17) is 10.2 Å². The quantitative estimate of drug-likeness (QED) is 0.643. The lowest BCUT2D eigenvalue weighted by atomic mass is 10.0. The topological polar surface area (TPSA) is 93.1 Å². The molecule has 24 heavy (non-hydrogen) atoms. The van der Waals surface area contributed by atoms with Crippen molar-refractivity contribution in [1.29, 1.82) is 0 Å². The highest BCUT2D eigenvalue weighted by molar-refractivity contribution is 5.98. The summed E-state index contributed by atoms with van der Waals surface area (Å²) in [6.07, 6.45) is 1.44. The second kappa shape index (κ2) is 10.4. The number of hydrogen-bond acceptors (Lipinski definition) is 6. The maximum Gasteiger partial charge on any atom is 0.337 e. The van der Waals surface area contributed by atoms with Crippen LogP contribution in [-0.4, -0.2) is 49.6 Å². The molecule has 0 spiro atoms. The van der Waals surface area contributed by atoms with Gasteiger partial charge in [-0.15, -0.1) is 0 Å². The highest BCUT2D eigenvalue weighted by atomic mass is 16.5. The first kappa shape index (κ1) is 19.6. The first-order valence-electron chi connectivity index (χ1n) is 7.49. The van der Waals surface area contributed by atoms with Gasteiger partial charge in [0.1, 0.15) is 0 Å². The Hall–Kier alpha value is -2.44. The molecule has 0 unspecified atom stereocenters. The Morgan fingerprint density at radius 1 is 0.792 bits per heavy atom. The summed E-state index contributed by atoms with van der Waals surface area (Å²) in [6, 6.07) is 10.3. The number of rotatable bonds is 5. The van der Waals surface area contributed by atoms with Crippen molar-refractivity contribution < 1.29 is 29.3 Å². The van der Waals surface area contributed by atoms with Crippen LogP contribution in [-0.2, 0) is 9.47 Å². The zero-order chi connectivity index (χ0) is 17.9. The van der Waals surface area contributed by atoms with E-state index < -0.39 is 0 Å². The molecule has 0 saturated carbocycles. The summed E-state index contributed by atoms with van der Waals surface area (Å²) in [4.78, 5) is 22.8. The maximum absolute atomic E-state index is 11.4. The minimum absolute atomic E-state index is 0.195. The number of aliphatic hydroxyl groups is 2. The zero-order valence-electron chi connectivity index (χ0n) is 13.8. The average Bonchev–Trinajstić information content (AvgIpc) is 2.64. The molecule has 0 aliphatic carbocycles. The van der Waals surface area contributed by atoms with Gasteiger partial charge in [0.2, 0.25) is 0 Å². The van der Waals surface area contributed by atoms with Crippen molar-refractivity contribution in [2.45, 2.75) is 12.8 Å². The maximum atomic E-state index is 11.4. The Morgan fingerprint density at radius 3 is 1.46 bits per heavy atom. The van der Waals surface area contributed by atoms with Crippen molar-refractivity contribution >= 4 is 22.7 Å². The number of benzene rings is 2. The Balaban J connectivity index is 0.000000413. The Morgan fingerprint density at radius 2 is 1.17 bits per heavy atom. The van der Waals surface area contributed by atoms with Gasteiger partial charge < -0.3 is 19.7 Å². The molecule has 0 bridgehead atoms. The fourth-order valence-corrected chi connectivity index (χ4v) is 1.96. The standard InChI is InChI=1S/C14H12O4.C4H10O2/c1-17-13(15)11-5-3-10-8-12(14(16)18-2)6-4-9(10)7-11;5-3-1-2-4-6/h3-8H,1-2H3;5-6H,1-4H2. The first-order valence-corrected chi connectivity index (χ1v) is 7.49. The molecule has 0 aliphatic rings. The predicted molar refractivity (Wildman–Crippen MR) is 90.0 cm³/mol. The molecular weight excluding hydrogens is 312 g/mol. The van der Waals surface area contributed by atoms with Crippen molar-refractivity contribution in [2.24, 2.45) is 0 Å². The van der Waals surface area contributed by atoms with Crippen molar-refractivity contribution in [3.05, 3.63) is 47.5 Å². The molecule has 2 N–H and O–H groups in total. The third-order valence-electron chi connectivity index (χ3n) is 3.25. The molecule has 0 atom stereocenters. The third-order valence-corrected chi connectivity index (χ3v) is 3.25. The predicted octanol–water partition coefficient (Wildman–Crippen LogP) is 2.16. The van der Waals surface area contributed by atoms with Crippen molar-refractivity contribution in [1.82, 2.24) is 0 Å². The van der Waals surface area contributed by atoms with Crippen LogP contribution in [0.5, 0.6) is 0 Å². The van der Waals surface area contributed by atoms with E-state index in [-0.39, 0.29) is 25.2 Å². The summed E-state index contributed by atoms with van der Waals surface area (Å²) >= 11 is 0. The summed E-state index contributed by atoms with van der Waals surface area (Å²) in [5.41, 5.74) is 0.964. The van der Waals surface area contributed by atoms with E-state index >= 15 is 0 Å². The van der Waals surface area contributed by atoms with Gasteiger partial charge in [0.15, 0.2) is 0 Å².